The Balaban J connectivity index is 0.00000210. The number of carbonyl (C=O) groups excluding carboxylic acids is 1. The molecule has 0 saturated heterocycles. The van der Waals surface area contributed by atoms with E-state index in [0.29, 0.717) is 16.7 Å². The normalized spacial score (nSPS) is 15.1. The Kier molecular flexibility index (Phi) is 5.79. The van der Waals surface area contributed by atoms with Crippen LogP contribution in [0.15, 0.2) is 47.0 Å². The molecule has 1 saturated carbocycles. The molecule has 2 aromatic heterocycles. The van der Waals surface area contributed by atoms with E-state index < -0.39 is 5.54 Å². The Hall–Kier alpha value is -2.42. The number of thiophene rings is 1. The first kappa shape index (κ1) is 19.3. The van der Waals surface area contributed by atoms with Crippen molar-refractivity contribution >= 4 is 40.5 Å². The number of urea groups is 1. The van der Waals surface area contributed by atoms with E-state index in [4.69, 9.17) is 10.3 Å². The molecule has 0 atom stereocenters. The Morgan fingerprint density at radius 3 is 2.59 bits per heavy atom. The zero-order valence-corrected chi connectivity index (χ0v) is 16.1. The van der Waals surface area contributed by atoms with Crippen molar-refractivity contribution in [3.05, 3.63) is 48.3 Å². The molecule has 4 rings (SSSR count). The molecule has 2 amide bonds. The molecule has 2 heterocycles. The maximum Gasteiger partial charge on any atom is 0.324 e. The molecule has 1 aliphatic rings. The quantitative estimate of drug-likeness (QED) is 0.588. The predicted octanol–water partition coefficient (Wildman–Crippen LogP) is 4.59. The van der Waals surface area contributed by atoms with Gasteiger partial charge in [-0.3, -0.25) is 5.32 Å². The van der Waals surface area contributed by atoms with Crippen LogP contribution in [-0.4, -0.2) is 16.2 Å². The molecule has 0 aliphatic heterocycles. The summed E-state index contributed by atoms with van der Waals surface area (Å²) < 4.78 is 5.38. The minimum atomic E-state index is -0.477. The van der Waals surface area contributed by atoms with E-state index in [2.05, 4.69) is 20.8 Å². The Morgan fingerprint density at radius 2 is 1.85 bits per heavy atom. The maximum atomic E-state index is 12.1. The number of nitrogens with two attached hydrogens (primary N) is 1. The highest BCUT2D eigenvalue weighted by molar-refractivity contribution is 7.19. The summed E-state index contributed by atoms with van der Waals surface area (Å²) in [5.41, 5.74) is 6.62. The molecule has 7 nitrogen and oxygen atoms in total. The lowest BCUT2D eigenvalue weighted by atomic mass is 9.99. The summed E-state index contributed by atoms with van der Waals surface area (Å²) in [5.74, 6) is 0.993. The number of para-hydroxylation sites is 1. The average Bonchev–Trinajstić information content (AvgIpc) is 3.36. The van der Waals surface area contributed by atoms with Crippen LogP contribution in [-0.2, 0) is 5.54 Å². The van der Waals surface area contributed by atoms with Crippen molar-refractivity contribution in [1.82, 2.24) is 10.1 Å². The van der Waals surface area contributed by atoms with Crippen LogP contribution in [0.2, 0.25) is 0 Å². The number of halogens is 1. The molecule has 3 aromatic rings. The fourth-order valence-corrected chi connectivity index (χ4v) is 3.89. The molecule has 4 N–H and O–H groups in total. The van der Waals surface area contributed by atoms with Gasteiger partial charge >= 0.3 is 6.03 Å². The molecule has 0 spiro atoms. The van der Waals surface area contributed by atoms with Gasteiger partial charge in [-0.2, -0.15) is 4.98 Å². The topological polar surface area (TPSA) is 106 Å². The third kappa shape index (κ3) is 4.29. The van der Waals surface area contributed by atoms with Crippen LogP contribution in [0.3, 0.4) is 0 Å². The highest BCUT2D eigenvalue weighted by atomic mass is 35.5. The molecule has 1 fully saturated rings. The van der Waals surface area contributed by atoms with Crippen molar-refractivity contribution in [1.29, 1.82) is 0 Å². The van der Waals surface area contributed by atoms with E-state index in [9.17, 15) is 4.79 Å². The number of hydrogen-bond acceptors (Lipinski definition) is 6. The first-order valence-corrected chi connectivity index (χ1v) is 9.30. The van der Waals surface area contributed by atoms with Gasteiger partial charge in [0.05, 0.1) is 15.4 Å². The lowest BCUT2D eigenvalue weighted by molar-refractivity contribution is 0.262. The number of nitrogens with one attached hydrogen (secondary N) is 2. The summed E-state index contributed by atoms with van der Waals surface area (Å²) in [7, 11) is 0. The molecule has 0 bridgehead atoms. The Labute approximate surface area is 166 Å². The second-order valence-corrected chi connectivity index (χ2v) is 7.48. The van der Waals surface area contributed by atoms with Crippen molar-refractivity contribution in [2.24, 2.45) is 5.73 Å². The molecule has 9 heteroatoms. The largest absolute Gasteiger partial charge is 0.333 e. The van der Waals surface area contributed by atoms with E-state index in [1.165, 1.54) is 11.3 Å². The smallest absolute Gasteiger partial charge is 0.324 e. The number of amides is 2. The zero-order chi connectivity index (χ0) is 18.0. The fourth-order valence-electron chi connectivity index (χ4n) is 3.07. The summed E-state index contributed by atoms with van der Waals surface area (Å²) in [6.07, 6.45) is 3.93. The second kappa shape index (κ2) is 8.08. The van der Waals surface area contributed by atoms with Crippen LogP contribution in [0.4, 0.5) is 15.5 Å². The van der Waals surface area contributed by atoms with Crippen LogP contribution >= 0.6 is 23.7 Å². The minimum absolute atomic E-state index is 0. The van der Waals surface area contributed by atoms with E-state index in [0.717, 1.165) is 36.2 Å². The number of nitrogens with zero attached hydrogens (tertiary/aromatic N) is 2. The molecular weight excluding hydrogens is 386 g/mol. The highest BCUT2D eigenvalue weighted by Gasteiger charge is 2.36. The van der Waals surface area contributed by atoms with E-state index in [1.807, 2.05) is 42.5 Å². The minimum Gasteiger partial charge on any atom is -0.333 e. The van der Waals surface area contributed by atoms with Gasteiger partial charge in [0.15, 0.2) is 5.82 Å². The molecule has 0 radical (unpaired) electrons. The van der Waals surface area contributed by atoms with Gasteiger partial charge in [-0.05, 0) is 37.1 Å². The molecule has 1 aliphatic carbocycles. The Bertz CT molecular complexity index is 905. The standard InChI is InChI=1S/C18H19N5O2S.ClH/c19-18(10-4-5-11-18)16-22-15(25-23-16)13-8-9-14(26-13)21-17(24)20-12-6-2-1-3-7-12;/h1-3,6-9H,4-5,10-11,19H2,(H2,20,21,24);1H. The number of hydrogen-bond donors (Lipinski definition) is 3. The van der Waals surface area contributed by atoms with Gasteiger partial charge in [-0.15, -0.1) is 23.7 Å². The van der Waals surface area contributed by atoms with Gasteiger partial charge in [0.25, 0.3) is 5.89 Å². The lowest BCUT2D eigenvalue weighted by Crippen LogP contribution is -2.34. The number of benzene rings is 1. The van der Waals surface area contributed by atoms with Gasteiger partial charge in [-0.1, -0.05) is 36.2 Å². The predicted molar refractivity (Wildman–Crippen MR) is 108 cm³/mol. The van der Waals surface area contributed by atoms with Crippen LogP contribution in [0.1, 0.15) is 31.5 Å². The Morgan fingerprint density at radius 1 is 1.11 bits per heavy atom. The van der Waals surface area contributed by atoms with Crippen LogP contribution in [0, 0.1) is 0 Å². The third-order valence-electron chi connectivity index (χ3n) is 4.45. The van der Waals surface area contributed by atoms with E-state index in [-0.39, 0.29) is 18.4 Å². The molecule has 0 unspecified atom stereocenters. The van der Waals surface area contributed by atoms with Crippen LogP contribution in [0.25, 0.3) is 10.8 Å². The lowest BCUT2D eigenvalue weighted by Gasteiger charge is -2.17. The van der Waals surface area contributed by atoms with Crippen molar-refractivity contribution in [2.45, 2.75) is 31.2 Å². The van der Waals surface area contributed by atoms with Gasteiger partial charge in [0.1, 0.15) is 0 Å². The number of carbonyl (C=O) groups is 1. The van der Waals surface area contributed by atoms with Crippen LogP contribution in [0.5, 0.6) is 0 Å². The molecule has 27 heavy (non-hydrogen) atoms. The molecule has 1 aromatic carbocycles. The van der Waals surface area contributed by atoms with Crippen molar-refractivity contribution in [3.63, 3.8) is 0 Å². The highest BCUT2D eigenvalue weighted by Crippen LogP contribution is 2.37. The molecular formula is C18H20ClN5O2S. The fraction of sp³-hybridized carbons (Fsp3) is 0.278. The van der Waals surface area contributed by atoms with Gasteiger partial charge in [0, 0.05) is 5.69 Å². The zero-order valence-electron chi connectivity index (χ0n) is 14.5. The van der Waals surface area contributed by atoms with Gasteiger partial charge in [0.2, 0.25) is 0 Å². The summed E-state index contributed by atoms with van der Waals surface area (Å²) in [6, 6.07) is 12.6. The van der Waals surface area contributed by atoms with Gasteiger partial charge in [-0.25, -0.2) is 4.79 Å². The average molecular weight is 406 g/mol. The van der Waals surface area contributed by atoms with Crippen molar-refractivity contribution < 1.29 is 9.32 Å². The van der Waals surface area contributed by atoms with Crippen LogP contribution < -0.4 is 16.4 Å². The first-order valence-electron chi connectivity index (χ1n) is 8.49. The summed E-state index contributed by atoms with van der Waals surface area (Å²) in [4.78, 5) is 17.3. The van der Waals surface area contributed by atoms with Crippen molar-refractivity contribution in [3.8, 4) is 10.8 Å². The number of aromatic nitrogens is 2. The second-order valence-electron chi connectivity index (χ2n) is 6.40. The first-order chi connectivity index (χ1) is 12.6. The summed E-state index contributed by atoms with van der Waals surface area (Å²) in [6.45, 7) is 0. The van der Waals surface area contributed by atoms with Gasteiger partial charge < -0.3 is 15.6 Å². The number of rotatable bonds is 4. The van der Waals surface area contributed by atoms with E-state index in [1.54, 1.807) is 0 Å². The van der Waals surface area contributed by atoms with Crippen molar-refractivity contribution in [2.75, 3.05) is 10.6 Å². The SMILES string of the molecule is Cl.NC1(c2noc(-c3ccc(NC(=O)Nc4ccccc4)s3)n2)CCCC1. The van der Waals surface area contributed by atoms with E-state index >= 15 is 0 Å². The third-order valence-corrected chi connectivity index (χ3v) is 5.44. The maximum absolute atomic E-state index is 12.1. The summed E-state index contributed by atoms with van der Waals surface area (Å²) >= 11 is 1.37. The molecule has 142 valence electrons. The monoisotopic (exact) mass is 405 g/mol. The number of anilines is 2. The summed E-state index contributed by atoms with van der Waals surface area (Å²) in [5, 5.41) is 10.3.